The molecule has 0 heterocycles. The molecule has 0 N–H and O–H groups in total. The quantitative estimate of drug-likeness (QED) is 0.310. The lowest BCUT2D eigenvalue weighted by atomic mass is 10.0. The van der Waals surface area contributed by atoms with E-state index in [1.807, 2.05) is 6.07 Å². The third-order valence-electron chi connectivity index (χ3n) is 3.97. The summed E-state index contributed by atoms with van der Waals surface area (Å²) in [5, 5.41) is 0.192. The van der Waals surface area contributed by atoms with Gasteiger partial charge in [0.05, 0.1) is 5.38 Å². The Morgan fingerprint density at radius 1 is 0.818 bits per heavy atom. The second kappa shape index (κ2) is 14.4. The van der Waals surface area contributed by atoms with Crippen LogP contribution >= 0.6 is 24.0 Å². The average Bonchev–Trinajstić information content (AvgIpc) is 2.49. The Labute approximate surface area is 148 Å². The molecule has 22 heavy (non-hydrogen) atoms. The van der Waals surface area contributed by atoms with Crippen LogP contribution in [0.2, 0.25) is 0 Å². The van der Waals surface area contributed by atoms with Crippen molar-refractivity contribution in [3.8, 4) is 0 Å². The molecule has 0 bridgehead atoms. The summed E-state index contributed by atoms with van der Waals surface area (Å²) >= 11 is 6.43. The van der Waals surface area contributed by atoms with Crippen LogP contribution in [0.4, 0.5) is 0 Å². The Kier molecular flexibility index (Phi) is 14.2. The van der Waals surface area contributed by atoms with Crippen molar-refractivity contribution in [2.24, 2.45) is 0 Å². The summed E-state index contributed by atoms with van der Waals surface area (Å²) < 4.78 is 0. The van der Waals surface area contributed by atoms with Crippen molar-refractivity contribution in [2.75, 3.05) is 20.6 Å². The van der Waals surface area contributed by atoms with Gasteiger partial charge in [-0.1, -0.05) is 75.3 Å². The molecule has 0 aliphatic heterocycles. The molecule has 0 radical (unpaired) electrons. The predicted molar refractivity (Wildman–Crippen MR) is 102 cm³/mol. The summed E-state index contributed by atoms with van der Waals surface area (Å²) in [5.41, 5.74) is 1.26. The Morgan fingerprint density at radius 2 is 1.32 bits per heavy atom. The van der Waals surface area contributed by atoms with Crippen LogP contribution in [-0.4, -0.2) is 25.5 Å². The van der Waals surface area contributed by atoms with Gasteiger partial charge >= 0.3 is 0 Å². The zero-order valence-corrected chi connectivity index (χ0v) is 15.8. The molecule has 1 aromatic carbocycles. The largest absolute Gasteiger partial charge is 0.309 e. The highest BCUT2D eigenvalue weighted by molar-refractivity contribution is 6.20. The number of hydrogen-bond donors (Lipinski definition) is 0. The lowest BCUT2D eigenvalue weighted by Crippen LogP contribution is -2.12. The van der Waals surface area contributed by atoms with E-state index in [0.717, 1.165) is 6.42 Å². The van der Waals surface area contributed by atoms with Crippen LogP contribution in [0.15, 0.2) is 30.3 Å². The van der Waals surface area contributed by atoms with Gasteiger partial charge < -0.3 is 4.90 Å². The second-order valence-electron chi connectivity index (χ2n) is 6.30. The molecule has 1 rings (SSSR count). The minimum atomic E-state index is 0. The van der Waals surface area contributed by atoms with Gasteiger partial charge in [-0.3, -0.25) is 0 Å². The summed E-state index contributed by atoms with van der Waals surface area (Å²) in [4.78, 5) is 2.27. The number of rotatable bonds is 12. The monoisotopic (exact) mass is 345 g/mol. The molecule has 0 fully saturated rings. The van der Waals surface area contributed by atoms with E-state index >= 15 is 0 Å². The van der Waals surface area contributed by atoms with Gasteiger partial charge in [-0.15, -0.1) is 24.0 Å². The first-order valence-electron chi connectivity index (χ1n) is 8.54. The van der Waals surface area contributed by atoms with E-state index in [2.05, 4.69) is 43.3 Å². The van der Waals surface area contributed by atoms with Gasteiger partial charge in [0.1, 0.15) is 0 Å². The minimum Gasteiger partial charge on any atom is -0.309 e. The van der Waals surface area contributed by atoms with Crippen LogP contribution in [0.1, 0.15) is 68.7 Å². The number of unbranched alkanes of at least 4 members (excludes halogenated alkanes) is 7. The first-order valence-corrected chi connectivity index (χ1v) is 8.97. The molecule has 0 aliphatic carbocycles. The predicted octanol–water partition coefficient (Wildman–Crippen LogP) is 6.46. The average molecular weight is 346 g/mol. The summed E-state index contributed by atoms with van der Waals surface area (Å²) in [7, 11) is 4.30. The molecule has 1 aromatic rings. The van der Waals surface area contributed by atoms with E-state index in [1.165, 1.54) is 63.5 Å². The van der Waals surface area contributed by atoms with Crippen LogP contribution in [-0.2, 0) is 0 Å². The highest BCUT2D eigenvalue weighted by Crippen LogP contribution is 2.26. The minimum absolute atomic E-state index is 0. The van der Waals surface area contributed by atoms with Crippen molar-refractivity contribution >= 4 is 24.0 Å². The zero-order valence-electron chi connectivity index (χ0n) is 14.3. The maximum absolute atomic E-state index is 6.43. The third kappa shape index (κ3) is 11.3. The maximum atomic E-state index is 6.43. The fraction of sp³-hybridized carbons (Fsp3) is 0.684. The molecule has 0 aromatic heterocycles. The Balaban J connectivity index is 0.00000441. The number of nitrogens with zero attached hydrogens (tertiary/aromatic N) is 1. The lowest BCUT2D eigenvalue weighted by molar-refractivity contribution is 0.389. The normalized spacial score (nSPS) is 12.2. The van der Waals surface area contributed by atoms with Gasteiger partial charge in [-0.05, 0) is 39.0 Å². The molecule has 1 atom stereocenters. The number of benzene rings is 1. The summed E-state index contributed by atoms with van der Waals surface area (Å²) in [6.45, 7) is 1.23. The SMILES string of the molecule is CN(C)CCCCCCCCCCC(Cl)c1ccccc1.Cl. The van der Waals surface area contributed by atoms with E-state index in [9.17, 15) is 0 Å². The van der Waals surface area contributed by atoms with Crippen molar-refractivity contribution in [1.82, 2.24) is 4.90 Å². The molecule has 0 amide bonds. The first-order chi connectivity index (χ1) is 10.2. The van der Waals surface area contributed by atoms with E-state index < -0.39 is 0 Å². The van der Waals surface area contributed by atoms with E-state index in [1.54, 1.807) is 0 Å². The van der Waals surface area contributed by atoms with Gasteiger partial charge in [0.2, 0.25) is 0 Å². The number of hydrogen-bond acceptors (Lipinski definition) is 1. The summed E-state index contributed by atoms with van der Waals surface area (Å²) in [6.07, 6.45) is 12.0. The van der Waals surface area contributed by atoms with Gasteiger partial charge in [-0.2, -0.15) is 0 Å². The maximum Gasteiger partial charge on any atom is 0.0585 e. The molecule has 3 heteroatoms. The Morgan fingerprint density at radius 3 is 1.86 bits per heavy atom. The van der Waals surface area contributed by atoms with Crippen LogP contribution < -0.4 is 0 Å². The van der Waals surface area contributed by atoms with E-state index in [-0.39, 0.29) is 17.8 Å². The molecular weight excluding hydrogens is 313 g/mol. The van der Waals surface area contributed by atoms with Crippen molar-refractivity contribution in [2.45, 2.75) is 63.2 Å². The molecular formula is C19H33Cl2N. The smallest absolute Gasteiger partial charge is 0.0585 e. The molecule has 0 aliphatic rings. The van der Waals surface area contributed by atoms with Crippen molar-refractivity contribution in [3.63, 3.8) is 0 Å². The Hall–Kier alpha value is -0.240. The van der Waals surface area contributed by atoms with Crippen molar-refractivity contribution in [1.29, 1.82) is 0 Å². The standard InChI is InChI=1S/C19H32ClN.ClH/c1-21(2)17-13-8-6-4-3-5-7-12-16-19(20)18-14-10-9-11-15-18;/h9-11,14-15,19H,3-8,12-13,16-17H2,1-2H3;1H. The lowest BCUT2D eigenvalue weighted by Gasteiger charge is -2.10. The molecule has 1 nitrogen and oxygen atoms in total. The van der Waals surface area contributed by atoms with Crippen molar-refractivity contribution in [3.05, 3.63) is 35.9 Å². The number of alkyl halides is 1. The van der Waals surface area contributed by atoms with E-state index in [0.29, 0.717) is 0 Å². The molecule has 1 unspecified atom stereocenters. The van der Waals surface area contributed by atoms with Gasteiger partial charge in [0.25, 0.3) is 0 Å². The fourth-order valence-electron chi connectivity index (χ4n) is 2.64. The second-order valence-corrected chi connectivity index (χ2v) is 6.83. The van der Waals surface area contributed by atoms with Crippen molar-refractivity contribution < 1.29 is 0 Å². The van der Waals surface area contributed by atoms with Gasteiger partial charge in [0, 0.05) is 0 Å². The van der Waals surface area contributed by atoms with Gasteiger partial charge in [-0.25, -0.2) is 0 Å². The number of halogens is 2. The van der Waals surface area contributed by atoms with E-state index in [4.69, 9.17) is 11.6 Å². The molecule has 0 saturated heterocycles. The Bertz CT molecular complexity index is 341. The van der Waals surface area contributed by atoms with Crippen LogP contribution in [0.3, 0.4) is 0 Å². The third-order valence-corrected chi connectivity index (χ3v) is 4.44. The van der Waals surface area contributed by atoms with Crippen LogP contribution in [0, 0.1) is 0 Å². The van der Waals surface area contributed by atoms with Crippen LogP contribution in [0.5, 0.6) is 0 Å². The fourth-order valence-corrected chi connectivity index (χ4v) is 2.94. The summed E-state index contributed by atoms with van der Waals surface area (Å²) in [6, 6.07) is 10.4. The summed E-state index contributed by atoms with van der Waals surface area (Å²) in [5.74, 6) is 0. The van der Waals surface area contributed by atoms with Gasteiger partial charge in [0.15, 0.2) is 0 Å². The topological polar surface area (TPSA) is 3.24 Å². The highest BCUT2D eigenvalue weighted by atomic mass is 35.5. The zero-order chi connectivity index (χ0) is 15.3. The highest BCUT2D eigenvalue weighted by Gasteiger charge is 2.06. The van der Waals surface area contributed by atoms with Crippen LogP contribution in [0.25, 0.3) is 0 Å². The first kappa shape index (κ1) is 21.8. The molecule has 0 spiro atoms. The molecule has 128 valence electrons. The molecule has 0 saturated carbocycles.